The van der Waals surface area contributed by atoms with E-state index in [1.807, 2.05) is 42.6 Å². The molecule has 2 heterocycles. The molecule has 0 saturated heterocycles. The van der Waals surface area contributed by atoms with Crippen LogP contribution in [-0.2, 0) is 16.1 Å². The van der Waals surface area contributed by atoms with E-state index in [1.165, 1.54) is 23.1 Å². The smallest absolute Gasteiger partial charge is 0.338 e. The number of rotatable bonds is 11. The van der Waals surface area contributed by atoms with Crippen molar-refractivity contribution in [2.75, 3.05) is 17.7 Å². The van der Waals surface area contributed by atoms with Gasteiger partial charge in [-0.1, -0.05) is 61.5 Å². The van der Waals surface area contributed by atoms with Gasteiger partial charge in [0.15, 0.2) is 5.16 Å². The number of thiophene rings is 1. The summed E-state index contributed by atoms with van der Waals surface area (Å²) in [4.78, 5) is 43.4. The van der Waals surface area contributed by atoms with Crippen LogP contribution in [0, 0.1) is 0 Å². The number of unbranched alkanes of at least 4 members (excludes halogenated alkanes) is 1. The quantitative estimate of drug-likeness (QED) is 0.0836. The molecular weight excluding hydrogens is 506 g/mol. The third-order valence-electron chi connectivity index (χ3n) is 5.52. The first-order valence-corrected chi connectivity index (χ1v) is 13.8. The maximum absolute atomic E-state index is 13.4. The second-order valence-corrected chi connectivity index (χ2v) is 10.00. The normalized spacial score (nSPS) is 10.8. The molecule has 0 unspecified atom stereocenters. The highest BCUT2D eigenvalue weighted by Gasteiger charge is 2.18. The van der Waals surface area contributed by atoms with E-state index in [0.29, 0.717) is 33.2 Å². The minimum atomic E-state index is -0.382. The predicted molar refractivity (Wildman–Crippen MR) is 150 cm³/mol. The molecule has 0 saturated carbocycles. The van der Waals surface area contributed by atoms with Crippen molar-refractivity contribution in [1.29, 1.82) is 0 Å². The van der Waals surface area contributed by atoms with Gasteiger partial charge in [0.1, 0.15) is 4.83 Å². The monoisotopic (exact) mass is 533 g/mol. The lowest BCUT2D eigenvalue weighted by atomic mass is 10.1. The first-order chi connectivity index (χ1) is 18.0. The van der Waals surface area contributed by atoms with Crippen LogP contribution in [0.3, 0.4) is 0 Å². The van der Waals surface area contributed by atoms with Crippen molar-refractivity contribution in [1.82, 2.24) is 9.55 Å². The summed E-state index contributed by atoms with van der Waals surface area (Å²) in [6.07, 6.45) is 3.41. The summed E-state index contributed by atoms with van der Waals surface area (Å²) in [5.74, 6) is -0.571. The van der Waals surface area contributed by atoms with Crippen LogP contribution in [0.15, 0.2) is 82.6 Å². The molecule has 0 aliphatic carbocycles. The average molecular weight is 534 g/mol. The SMILES string of the molecule is C=CCn1c(SCC(=O)Nc2ccc(C(=O)OCCCC)cc2)nc2scc(-c3ccccc3)c2c1=O. The van der Waals surface area contributed by atoms with Gasteiger partial charge >= 0.3 is 5.97 Å². The second-order valence-electron chi connectivity index (χ2n) is 8.20. The van der Waals surface area contributed by atoms with Crippen LogP contribution < -0.4 is 10.9 Å². The van der Waals surface area contributed by atoms with Crippen LogP contribution in [0.1, 0.15) is 30.1 Å². The number of esters is 1. The molecule has 0 fully saturated rings. The molecule has 0 atom stereocenters. The van der Waals surface area contributed by atoms with Gasteiger partial charge in [-0.15, -0.1) is 17.9 Å². The number of hydrogen-bond acceptors (Lipinski definition) is 7. The summed E-state index contributed by atoms with van der Waals surface area (Å²) >= 11 is 2.60. The summed E-state index contributed by atoms with van der Waals surface area (Å²) in [6.45, 7) is 6.47. The number of amides is 1. The van der Waals surface area contributed by atoms with Gasteiger partial charge in [0, 0.05) is 23.2 Å². The number of aromatic nitrogens is 2. The van der Waals surface area contributed by atoms with Gasteiger partial charge < -0.3 is 10.1 Å². The van der Waals surface area contributed by atoms with Crippen LogP contribution in [0.2, 0.25) is 0 Å². The molecule has 2 aromatic heterocycles. The summed E-state index contributed by atoms with van der Waals surface area (Å²) in [5, 5.41) is 5.78. The van der Waals surface area contributed by atoms with Crippen LogP contribution >= 0.6 is 23.1 Å². The molecule has 0 aliphatic heterocycles. The van der Waals surface area contributed by atoms with Crippen LogP contribution in [0.5, 0.6) is 0 Å². The maximum Gasteiger partial charge on any atom is 0.338 e. The number of thioether (sulfide) groups is 1. The Labute approximate surface area is 223 Å². The second kappa shape index (κ2) is 12.5. The molecule has 0 aliphatic rings. The Morgan fingerprint density at radius 2 is 1.92 bits per heavy atom. The third kappa shape index (κ3) is 6.36. The fourth-order valence-electron chi connectivity index (χ4n) is 3.65. The van der Waals surface area contributed by atoms with Crippen molar-refractivity contribution in [3.63, 3.8) is 0 Å². The fourth-order valence-corrected chi connectivity index (χ4v) is 5.44. The van der Waals surface area contributed by atoms with E-state index >= 15 is 0 Å². The Balaban J connectivity index is 1.46. The largest absolute Gasteiger partial charge is 0.462 e. The molecule has 1 N–H and O–H groups in total. The van der Waals surface area contributed by atoms with Crippen LogP contribution in [0.25, 0.3) is 21.3 Å². The van der Waals surface area contributed by atoms with Crippen molar-refractivity contribution in [2.45, 2.75) is 31.5 Å². The first-order valence-electron chi connectivity index (χ1n) is 11.9. The van der Waals surface area contributed by atoms with E-state index in [2.05, 4.69) is 11.9 Å². The van der Waals surface area contributed by atoms with E-state index in [4.69, 9.17) is 9.72 Å². The molecule has 1 amide bonds. The highest BCUT2D eigenvalue weighted by molar-refractivity contribution is 7.99. The van der Waals surface area contributed by atoms with E-state index in [-0.39, 0.29) is 29.7 Å². The lowest BCUT2D eigenvalue weighted by molar-refractivity contribution is -0.113. The zero-order valence-corrected chi connectivity index (χ0v) is 22.1. The molecule has 2 aromatic carbocycles. The number of ether oxygens (including phenoxy) is 1. The molecule has 9 heteroatoms. The number of anilines is 1. The molecule has 4 rings (SSSR count). The van der Waals surface area contributed by atoms with E-state index in [9.17, 15) is 14.4 Å². The first kappa shape index (κ1) is 26.4. The Morgan fingerprint density at radius 1 is 1.16 bits per heavy atom. The Bertz CT molecular complexity index is 1460. The molecule has 37 heavy (non-hydrogen) atoms. The van der Waals surface area contributed by atoms with Gasteiger partial charge in [-0.3, -0.25) is 14.2 Å². The highest BCUT2D eigenvalue weighted by atomic mass is 32.2. The van der Waals surface area contributed by atoms with Crippen molar-refractivity contribution in [3.05, 3.63) is 88.5 Å². The number of carbonyl (C=O) groups is 2. The summed E-state index contributed by atoms with van der Waals surface area (Å²) in [6, 6.07) is 16.3. The number of hydrogen-bond donors (Lipinski definition) is 1. The van der Waals surface area contributed by atoms with Crippen LogP contribution in [-0.4, -0.2) is 33.8 Å². The summed E-state index contributed by atoms with van der Waals surface area (Å²) in [7, 11) is 0. The number of nitrogens with zero attached hydrogens (tertiary/aromatic N) is 2. The molecule has 4 aromatic rings. The van der Waals surface area contributed by atoms with Crippen molar-refractivity contribution in [3.8, 4) is 11.1 Å². The van der Waals surface area contributed by atoms with Gasteiger partial charge in [-0.25, -0.2) is 9.78 Å². The molecule has 0 radical (unpaired) electrons. The standard InChI is InChI=1S/C28H27N3O4S2/c1-3-5-16-35-27(34)20-11-13-21(14-12-20)29-23(32)18-37-28-30-25-24(26(33)31(28)15-4-2)22(17-36-25)19-9-7-6-8-10-19/h4,6-14,17H,2-3,5,15-16,18H2,1H3,(H,29,32). The van der Waals surface area contributed by atoms with Gasteiger partial charge in [0.2, 0.25) is 5.91 Å². The van der Waals surface area contributed by atoms with E-state index in [1.54, 1.807) is 34.9 Å². The number of nitrogens with one attached hydrogen (secondary N) is 1. The average Bonchev–Trinajstić information content (AvgIpc) is 3.34. The van der Waals surface area contributed by atoms with E-state index in [0.717, 1.165) is 24.0 Å². The molecular formula is C28H27N3O4S2. The Kier molecular flexibility index (Phi) is 8.92. The number of carbonyl (C=O) groups excluding carboxylic acids is 2. The zero-order chi connectivity index (χ0) is 26.2. The molecule has 190 valence electrons. The van der Waals surface area contributed by atoms with Crippen molar-refractivity contribution in [2.24, 2.45) is 0 Å². The maximum atomic E-state index is 13.4. The molecule has 0 bridgehead atoms. The minimum Gasteiger partial charge on any atom is -0.462 e. The van der Waals surface area contributed by atoms with Crippen molar-refractivity contribution < 1.29 is 14.3 Å². The minimum absolute atomic E-state index is 0.0623. The summed E-state index contributed by atoms with van der Waals surface area (Å²) < 4.78 is 6.75. The number of benzene rings is 2. The molecule has 0 spiro atoms. The number of fused-ring (bicyclic) bond motifs is 1. The Hall–Kier alpha value is -3.69. The van der Waals surface area contributed by atoms with E-state index < -0.39 is 0 Å². The highest BCUT2D eigenvalue weighted by Crippen LogP contribution is 2.32. The lowest BCUT2D eigenvalue weighted by Gasteiger charge is -2.11. The van der Waals surface area contributed by atoms with Crippen molar-refractivity contribution >= 4 is 50.9 Å². The number of allylic oxidation sites excluding steroid dienone is 1. The lowest BCUT2D eigenvalue weighted by Crippen LogP contribution is -2.23. The fraction of sp³-hybridized carbons (Fsp3) is 0.214. The molecule has 7 nitrogen and oxygen atoms in total. The van der Waals surface area contributed by atoms with Gasteiger partial charge in [-0.2, -0.15) is 0 Å². The predicted octanol–water partition coefficient (Wildman–Crippen LogP) is 6.00. The van der Waals surface area contributed by atoms with Gasteiger partial charge in [0.05, 0.1) is 23.3 Å². The summed E-state index contributed by atoms with van der Waals surface area (Å²) in [5.41, 5.74) is 2.64. The zero-order valence-electron chi connectivity index (χ0n) is 20.4. The van der Waals surface area contributed by atoms with Gasteiger partial charge in [0.25, 0.3) is 5.56 Å². The third-order valence-corrected chi connectivity index (χ3v) is 7.37. The van der Waals surface area contributed by atoms with Crippen LogP contribution in [0.4, 0.5) is 5.69 Å². The Morgan fingerprint density at radius 3 is 2.62 bits per heavy atom. The topological polar surface area (TPSA) is 90.3 Å². The van der Waals surface area contributed by atoms with Gasteiger partial charge in [-0.05, 0) is 36.2 Å².